The lowest BCUT2D eigenvalue weighted by molar-refractivity contribution is -0.242. The third-order valence-electron chi connectivity index (χ3n) is 0.876. The fourth-order valence-electron chi connectivity index (χ4n) is 0.443. The summed E-state index contributed by atoms with van der Waals surface area (Å²) in [7, 11) is 0. The third-order valence-corrected chi connectivity index (χ3v) is 0.876. The van der Waals surface area contributed by atoms with Gasteiger partial charge in [-0.2, -0.15) is 0 Å². The molecule has 0 aromatic heterocycles. The molecule has 0 aliphatic rings. The Hall–Kier alpha value is -0.610. The summed E-state index contributed by atoms with van der Waals surface area (Å²) in [6, 6.07) is 0. The molecule has 0 fully saturated rings. The molecule has 4 heteroatoms. The minimum Gasteiger partial charge on any atom is -0.481 e. The van der Waals surface area contributed by atoms with Crippen molar-refractivity contribution in [3.05, 3.63) is 0 Å². The maximum absolute atomic E-state index is 9.86. The molecule has 54 valence electrons. The summed E-state index contributed by atoms with van der Waals surface area (Å²) in [5.41, 5.74) is 0. The van der Waals surface area contributed by atoms with E-state index in [0.29, 0.717) is 12.8 Å². The van der Waals surface area contributed by atoms with Crippen LogP contribution in [0.25, 0.3) is 0 Å². The van der Waals surface area contributed by atoms with Gasteiger partial charge in [-0.25, -0.2) is 4.89 Å². The highest BCUT2D eigenvalue weighted by Crippen LogP contribution is 1.93. The zero-order valence-electron chi connectivity index (χ0n) is 5.04. The highest BCUT2D eigenvalue weighted by Gasteiger charge is 1.94. The summed E-state index contributed by atoms with van der Waals surface area (Å²) in [5, 5.41) is 15.9. The van der Waals surface area contributed by atoms with E-state index >= 15 is 0 Å². The van der Waals surface area contributed by atoms with E-state index in [4.69, 9.17) is 10.4 Å². The predicted octanol–water partition coefficient (Wildman–Crippen LogP) is 0.731. The van der Waals surface area contributed by atoms with Gasteiger partial charge in [0.2, 0.25) is 0 Å². The highest BCUT2D eigenvalue weighted by atomic mass is 17.1. The number of aliphatic carboxylic acids is 1. The van der Waals surface area contributed by atoms with Crippen molar-refractivity contribution in [2.45, 2.75) is 19.3 Å². The lowest BCUT2D eigenvalue weighted by Crippen LogP contribution is -1.96. The second kappa shape index (κ2) is 5.53. The van der Waals surface area contributed by atoms with E-state index in [1.54, 1.807) is 0 Å². The van der Waals surface area contributed by atoms with Crippen molar-refractivity contribution < 1.29 is 20.0 Å². The number of carboxylic acid groups (broad SMARTS) is 1. The van der Waals surface area contributed by atoms with Gasteiger partial charge in [-0.1, -0.05) is 0 Å². The van der Waals surface area contributed by atoms with Crippen LogP contribution >= 0.6 is 0 Å². The van der Waals surface area contributed by atoms with Crippen LogP contribution in [-0.2, 0) is 9.68 Å². The molecule has 2 N–H and O–H groups in total. The molecule has 0 heterocycles. The van der Waals surface area contributed by atoms with E-state index in [2.05, 4.69) is 4.89 Å². The zero-order chi connectivity index (χ0) is 7.11. The van der Waals surface area contributed by atoms with Crippen LogP contribution in [0.5, 0.6) is 0 Å². The second-order valence-electron chi connectivity index (χ2n) is 1.68. The summed E-state index contributed by atoms with van der Waals surface area (Å²) < 4.78 is 0. The van der Waals surface area contributed by atoms with Crippen LogP contribution in [0.3, 0.4) is 0 Å². The van der Waals surface area contributed by atoms with E-state index in [1.807, 2.05) is 0 Å². The van der Waals surface area contributed by atoms with Gasteiger partial charge in [0.25, 0.3) is 0 Å². The fraction of sp³-hybridized carbons (Fsp3) is 0.800. The maximum Gasteiger partial charge on any atom is 0.303 e. The van der Waals surface area contributed by atoms with Crippen LogP contribution in [0.4, 0.5) is 0 Å². The molecule has 0 aromatic carbocycles. The van der Waals surface area contributed by atoms with Crippen molar-refractivity contribution in [3.63, 3.8) is 0 Å². The molecule has 0 saturated heterocycles. The molecule has 0 aliphatic heterocycles. The van der Waals surface area contributed by atoms with Crippen LogP contribution in [0.1, 0.15) is 19.3 Å². The fourth-order valence-corrected chi connectivity index (χ4v) is 0.443. The van der Waals surface area contributed by atoms with E-state index in [-0.39, 0.29) is 13.0 Å². The third kappa shape index (κ3) is 7.39. The summed E-state index contributed by atoms with van der Waals surface area (Å²) in [6.07, 6.45) is 1.28. The molecule has 0 aromatic rings. The predicted molar refractivity (Wildman–Crippen MR) is 30.1 cm³/mol. The number of hydrogen-bond donors (Lipinski definition) is 2. The van der Waals surface area contributed by atoms with Crippen LogP contribution < -0.4 is 0 Å². The summed E-state index contributed by atoms with van der Waals surface area (Å²) in [4.78, 5) is 13.6. The Morgan fingerprint density at radius 2 is 2.11 bits per heavy atom. The number of unbranched alkanes of at least 4 members (excludes halogenated alkanes) is 1. The molecule has 0 unspecified atom stereocenters. The summed E-state index contributed by atoms with van der Waals surface area (Å²) in [5.74, 6) is -0.812. The average molecular weight is 134 g/mol. The molecule has 0 amide bonds. The Labute approximate surface area is 53.0 Å². The van der Waals surface area contributed by atoms with Crippen molar-refractivity contribution in [2.75, 3.05) is 6.61 Å². The van der Waals surface area contributed by atoms with Crippen LogP contribution in [0.15, 0.2) is 0 Å². The monoisotopic (exact) mass is 134 g/mol. The van der Waals surface area contributed by atoms with Crippen LogP contribution in [0.2, 0.25) is 0 Å². The standard InChI is InChI=1S/C5H10O4/c6-5(7)3-1-2-4-9-8/h8H,1-4H2,(H,6,7). The minimum atomic E-state index is -0.812. The molecule has 0 aliphatic carbocycles. The Bertz CT molecular complexity index is 81.0. The van der Waals surface area contributed by atoms with Gasteiger partial charge in [0, 0.05) is 6.42 Å². The highest BCUT2D eigenvalue weighted by molar-refractivity contribution is 5.66. The second-order valence-corrected chi connectivity index (χ2v) is 1.68. The Balaban J connectivity index is 2.83. The first kappa shape index (κ1) is 8.39. The number of rotatable bonds is 5. The molecule has 9 heavy (non-hydrogen) atoms. The van der Waals surface area contributed by atoms with Gasteiger partial charge in [0.1, 0.15) is 0 Å². The molecule has 0 radical (unpaired) electrons. The van der Waals surface area contributed by atoms with Gasteiger partial charge in [-0.05, 0) is 12.8 Å². The molecule has 0 bridgehead atoms. The van der Waals surface area contributed by atoms with Gasteiger partial charge in [-0.3, -0.25) is 10.1 Å². The minimum absolute atomic E-state index is 0.142. The van der Waals surface area contributed by atoms with E-state index in [9.17, 15) is 4.79 Å². The molecule has 0 atom stereocenters. The summed E-state index contributed by atoms with van der Waals surface area (Å²) in [6.45, 7) is 0.216. The number of hydrogen-bond acceptors (Lipinski definition) is 3. The Morgan fingerprint density at radius 1 is 1.44 bits per heavy atom. The number of carboxylic acids is 1. The van der Waals surface area contributed by atoms with Gasteiger partial charge in [0.15, 0.2) is 0 Å². The molecule has 4 nitrogen and oxygen atoms in total. The zero-order valence-corrected chi connectivity index (χ0v) is 5.04. The van der Waals surface area contributed by atoms with Crippen molar-refractivity contribution in [3.8, 4) is 0 Å². The Kier molecular flexibility index (Phi) is 5.15. The quantitative estimate of drug-likeness (QED) is 0.330. The van der Waals surface area contributed by atoms with E-state index < -0.39 is 5.97 Å². The lowest BCUT2D eigenvalue weighted by Gasteiger charge is -1.92. The first-order valence-corrected chi connectivity index (χ1v) is 2.75. The lowest BCUT2D eigenvalue weighted by atomic mass is 10.2. The average Bonchev–Trinajstić information content (AvgIpc) is 1.80. The van der Waals surface area contributed by atoms with Gasteiger partial charge < -0.3 is 5.11 Å². The van der Waals surface area contributed by atoms with Crippen molar-refractivity contribution in [1.29, 1.82) is 0 Å². The van der Waals surface area contributed by atoms with Crippen molar-refractivity contribution in [2.24, 2.45) is 0 Å². The Morgan fingerprint density at radius 3 is 2.56 bits per heavy atom. The first-order chi connectivity index (χ1) is 4.27. The largest absolute Gasteiger partial charge is 0.481 e. The smallest absolute Gasteiger partial charge is 0.303 e. The van der Waals surface area contributed by atoms with Crippen LogP contribution in [-0.4, -0.2) is 22.9 Å². The normalized spacial score (nSPS) is 9.44. The van der Waals surface area contributed by atoms with Crippen molar-refractivity contribution in [1.82, 2.24) is 0 Å². The molecular weight excluding hydrogens is 124 g/mol. The van der Waals surface area contributed by atoms with Crippen molar-refractivity contribution >= 4 is 5.97 Å². The topological polar surface area (TPSA) is 66.8 Å². The summed E-state index contributed by atoms with van der Waals surface area (Å²) >= 11 is 0. The number of carbonyl (C=O) groups is 1. The molecule has 0 saturated carbocycles. The molecular formula is C5H10O4. The SMILES string of the molecule is O=C(O)CCCCOO. The van der Waals surface area contributed by atoms with E-state index in [0.717, 1.165) is 0 Å². The van der Waals surface area contributed by atoms with Gasteiger partial charge >= 0.3 is 5.97 Å². The molecule has 0 rings (SSSR count). The van der Waals surface area contributed by atoms with Gasteiger partial charge in [-0.15, -0.1) is 0 Å². The van der Waals surface area contributed by atoms with Gasteiger partial charge in [0.05, 0.1) is 6.61 Å². The first-order valence-electron chi connectivity index (χ1n) is 2.75. The molecule has 0 spiro atoms. The van der Waals surface area contributed by atoms with E-state index in [1.165, 1.54) is 0 Å². The maximum atomic E-state index is 9.86. The van der Waals surface area contributed by atoms with Crippen LogP contribution in [0, 0.1) is 0 Å².